The Bertz CT molecular complexity index is 636. The van der Waals surface area contributed by atoms with Crippen LogP contribution in [0.5, 0.6) is 0 Å². The SMILES string of the molecule is COC(=O)c1cc(C(F)(F)F)cc2cc(BO)[nH]c12. The van der Waals surface area contributed by atoms with Crippen molar-refractivity contribution in [2.75, 3.05) is 7.11 Å². The molecule has 1 aromatic carbocycles. The summed E-state index contributed by atoms with van der Waals surface area (Å²) in [6.45, 7) is 0. The topological polar surface area (TPSA) is 62.3 Å². The summed E-state index contributed by atoms with van der Waals surface area (Å²) in [6.07, 6.45) is -4.56. The van der Waals surface area contributed by atoms with Crippen LogP contribution >= 0.6 is 0 Å². The van der Waals surface area contributed by atoms with Crippen molar-refractivity contribution >= 4 is 29.9 Å². The van der Waals surface area contributed by atoms with Gasteiger partial charge in [-0.2, -0.15) is 13.2 Å². The van der Waals surface area contributed by atoms with E-state index < -0.39 is 17.7 Å². The quantitative estimate of drug-likeness (QED) is 0.631. The second-order valence-corrected chi connectivity index (χ2v) is 3.93. The van der Waals surface area contributed by atoms with Crippen molar-refractivity contribution in [3.05, 3.63) is 29.3 Å². The van der Waals surface area contributed by atoms with Gasteiger partial charge in [0.2, 0.25) is 0 Å². The number of H-pyrrole nitrogens is 1. The minimum absolute atomic E-state index is 0.194. The van der Waals surface area contributed by atoms with Gasteiger partial charge in [0.05, 0.1) is 23.8 Å². The molecule has 1 aromatic heterocycles. The van der Waals surface area contributed by atoms with Crippen molar-refractivity contribution in [2.45, 2.75) is 6.18 Å². The molecule has 0 fully saturated rings. The van der Waals surface area contributed by atoms with E-state index in [1.165, 1.54) is 6.07 Å². The zero-order valence-electron chi connectivity index (χ0n) is 9.84. The second-order valence-electron chi connectivity index (χ2n) is 3.93. The Labute approximate surface area is 106 Å². The van der Waals surface area contributed by atoms with Crippen LogP contribution in [0, 0.1) is 0 Å². The molecule has 0 atom stereocenters. The molecule has 1 heterocycles. The number of aromatic nitrogens is 1. The summed E-state index contributed by atoms with van der Waals surface area (Å²) in [5.41, 5.74) is -0.626. The molecule has 0 amide bonds. The molecule has 8 heteroatoms. The molecule has 4 nitrogen and oxygen atoms in total. The molecule has 0 aliphatic carbocycles. The first-order valence-electron chi connectivity index (χ1n) is 5.29. The summed E-state index contributed by atoms with van der Waals surface area (Å²) in [5.74, 6) is -0.873. The molecule has 0 aliphatic heterocycles. The Kier molecular flexibility index (Phi) is 3.28. The van der Waals surface area contributed by atoms with E-state index in [2.05, 4.69) is 9.72 Å². The highest BCUT2D eigenvalue weighted by Crippen LogP contribution is 2.33. The van der Waals surface area contributed by atoms with Crippen LogP contribution in [0.15, 0.2) is 18.2 Å². The van der Waals surface area contributed by atoms with Crippen molar-refractivity contribution in [1.29, 1.82) is 0 Å². The van der Waals surface area contributed by atoms with Gasteiger partial charge in [-0.1, -0.05) is 0 Å². The third-order valence-electron chi connectivity index (χ3n) is 2.69. The molecule has 2 rings (SSSR count). The number of hydrogen-bond donors (Lipinski definition) is 2. The predicted molar refractivity (Wildman–Crippen MR) is 63.6 cm³/mol. The summed E-state index contributed by atoms with van der Waals surface area (Å²) < 4.78 is 42.7. The molecule has 0 spiro atoms. The largest absolute Gasteiger partial charge is 0.465 e. The number of hydrogen-bond acceptors (Lipinski definition) is 3. The van der Waals surface area contributed by atoms with Crippen molar-refractivity contribution in [3.63, 3.8) is 0 Å². The average Bonchev–Trinajstić information content (AvgIpc) is 2.78. The minimum Gasteiger partial charge on any atom is -0.465 e. The van der Waals surface area contributed by atoms with Gasteiger partial charge >= 0.3 is 19.6 Å². The first kappa shape index (κ1) is 13.5. The molecule has 19 heavy (non-hydrogen) atoms. The van der Waals surface area contributed by atoms with Crippen LogP contribution in [-0.4, -0.2) is 30.6 Å². The molecule has 100 valence electrons. The van der Waals surface area contributed by atoms with Gasteiger partial charge in [0, 0.05) is 11.0 Å². The fraction of sp³-hybridized carbons (Fsp3) is 0.182. The maximum Gasteiger partial charge on any atom is 0.416 e. The van der Waals surface area contributed by atoms with Gasteiger partial charge in [0.15, 0.2) is 0 Å². The summed E-state index contributed by atoms with van der Waals surface area (Å²) in [4.78, 5) is 14.2. The summed E-state index contributed by atoms with van der Waals surface area (Å²) in [5, 5.41) is 9.18. The van der Waals surface area contributed by atoms with Crippen LogP contribution in [0.1, 0.15) is 15.9 Å². The molecule has 0 unspecified atom stereocenters. The molecule has 0 radical (unpaired) electrons. The molecular weight excluding hydrogens is 262 g/mol. The zero-order chi connectivity index (χ0) is 14.2. The van der Waals surface area contributed by atoms with Crippen molar-refractivity contribution in [2.24, 2.45) is 0 Å². The van der Waals surface area contributed by atoms with E-state index in [1.807, 2.05) is 0 Å². The Morgan fingerprint density at radius 2 is 2.05 bits per heavy atom. The Morgan fingerprint density at radius 1 is 1.37 bits per heavy atom. The monoisotopic (exact) mass is 271 g/mol. The number of esters is 1. The normalized spacial score (nSPS) is 11.6. The number of alkyl halides is 3. The van der Waals surface area contributed by atoms with E-state index in [4.69, 9.17) is 5.02 Å². The number of rotatable bonds is 2. The van der Waals surface area contributed by atoms with Crippen LogP contribution in [0.3, 0.4) is 0 Å². The molecule has 2 N–H and O–H groups in total. The van der Waals surface area contributed by atoms with E-state index in [0.29, 0.717) is 5.59 Å². The average molecular weight is 271 g/mol. The van der Waals surface area contributed by atoms with Crippen LogP contribution in [0.25, 0.3) is 10.9 Å². The molecule has 0 saturated heterocycles. The Hall–Kier alpha value is -1.96. The lowest BCUT2D eigenvalue weighted by Gasteiger charge is -2.09. The highest BCUT2D eigenvalue weighted by Gasteiger charge is 2.32. The fourth-order valence-corrected chi connectivity index (χ4v) is 1.82. The summed E-state index contributed by atoms with van der Waals surface area (Å²) >= 11 is 0. The van der Waals surface area contributed by atoms with E-state index in [1.54, 1.807) is 0 Å². The predicted octanol–water partition coefficient (Wildman–Crippen LogP) is 0.942. The van der Waals surface area contributed by atoms with Gasteiger partial charge in [0.25, 0.3) is 0 Å². The lowest BCUT2D eigenvalue weighted by atomic mass is 9.96. The molecule has 2 aromatic rings. The summed E-state index contributed by atoms with van der Waals surface area (Å²) in [6, 6.07) is 3.00. The first-order chi connectivity index (χ1) is 8.86. The van der Waals surface area contributed by atoms with Gasteiger partial charge in [0.1, 0.15) is 0 Å². The summed E-state index contributed by atoms with van der Waals surface area (Å²) in [7, 11) is 0.723. The van der Waals surface area contributed by atoms with Gasteiger partial charge in [-0.25, -0.2) is 4.79 Å². The highest BCUT2D eigenvalue weighted by atomic mass is 19.4. The van der Waals surface area contributed by atoms with E-state index >= 15 is 0 Å². The number of nitrogens with one attached hydrogen (secondary N) is 1. The van der Waals surface area contributed by atoms with Crippen molar-refractivity contribution in [3.8, 4) is 0 Å². The van der Waals surface area contributed by atoms with E-state index in [9.17, 15) is 18.0 Å². The highest BCUT2D eigenvalue weighted by molar-refractivity contribution is 6.45. The first-order valence-corrected chi connectivity index (χ1v) is 5.29. The number of carbonyl (C=O) groups excluding carboxylic acids is 1. The van der Waals surface area contributed by atoms with E-state index in [-0.39, 0.29) is 23.9 Å². The molecular formula is C11H9BF3NO3. The standard InChI is InChI=1S/C11H9BF3NO3/c1-19-10(17)7-4-6(11(13,14)15)2-5-3-8(12-18)16-9(5)7/h2-4,12,16,18H,1H3. The Morgan fingerprint density at radius 3 is 2.58 bits per heavy atom. The number of benzene rings is 1. The fourth-order valence-electron chi connectivity index (χ4n) is 1.82. The minimum atomic E-state index is -4.56. The van der Waals surface area contributed by atoms with Crippen molar-refractivity contribution < 1.29 is 27.7 Å². The molecule has 0 bridgehead atoms. The smallest absolute Gasteiger partial charge is 0.416 e. The third kappa shape index (κ3) is 2.44. The van der Waals surface area contributed by atoms with Gasteiger partial charge in [-0.15, -0.1) is 0 Å². The number of ether oxygens (including phenoxy) is 1. The van der Waals surface area contributed by atoms with Crippen LogP contribution in [0.4, 0.5) is 13.2 Å². The van der Waals surface area contributed by atoms with Crippen LogP contribution < -0.4 is 5.59 Å². The number of fused-ring (bicyclic) bond motifs is 1. The number of carbonyl (C=O) groups is 1. The van der Waals surface area contributed by atoms with Gasteiger partial charge in [-0.3, -0.25) is 0 Å². The van der Waals surface area contributed by atoms with E-state index in [0.717, 1.165) is 19.2 Å². The van der Waals surface area contributed by atoms with Gasteiger partial charge in [-0.05, 0) is 18.2 Å². The number of halogens is 3. The van der Waals surface area contributed by atoms with Crippen LogP contribution in [-0.2, 0) is 10.9 Å². The molecule has 0 aliphatic rings. The maximum atomic E-state index is 12.7. The second kappa shape index (κ2) is 4.62. The van der Waals surface area contributed by atoms with Crippen molar-refractivity contribution in [1.82, 2.24) is 4.98 Å². The third-order valence-corrected chi connectivity index (χ3v) is 2.69. The van der Waals surface area contributed by atoms with Crippen LogP contribution in [0.2, 0.25) is 0 Å². The lowest BCUT2D eigenvalue weighted by Crippen LogP contribution is -2.13. The zero-order valence-corrected chi connectivity index (χ0v) is 9.84. The Balaban J connectivity index is 2.74. The maximum absolute atomic E-state index is 12.7. The molecule has 0 saturated carbocycles. The van der Waals surface area contributed by atoms with Gasteiger partial charge < -0.3 is 14.7 Å². The number of aromatic amines is 1. The number of methoxy groups -OCH3 is 1. The lowest BCUT2D eigenvalue weighted by molar-refractivity contribution is -0.137.